The summed E-state index contributed by atoms with van der Waals surface area (Å²) in [7, 11) is 0. The van der Waals surface area contributed by atoms with E-state index < -0.39 is 12.0 Å². The SMILES string of the molecule is CCCC(NC(=O)COC1CCCCC1C)C(=O)O. The largest absolute Gasteiger partial charge is 0.480 e. The van der Waals surface area contributed by atoms with Crippen molar-refractivity contribution in [1.82, 2.24) is 5.32 Å². The zero-order valence-corrected chi connectivity index (χ0v) is 11.9. The molecular weight excluding hydrogens is 246 g/mol. The van der Waals surface area contributed by atoms with E-state index in [1.807, 2.05) is 6.92 Å². The number of hydrogen-bond donors (Lipinski definition) is 2. The van der Waals surface area contributed by atoms with Crippen LogP contribution in [0.5, 0.6) is 0 Å². The Labute approximate surface area is 114 Å². The lowest BCUT2D eigenvalue weighted by atomic mass is 9.88. The highest BCUT2D eigenvalue weighted by Crippen LogP contribution is 2.26. The summed E-state index contributed by atoms with van der Waals surface area (Å²) in [5.41, 5.74) is 0. The van der Waals surface area contributed by atoms with Crippen LogP contribution >= 0.6 is 0 Å². The molecule has 5 nitrogen and oxygen atoms in total. The molecule has 0 aromatic carbocycles. The van der Waals surface area contributed by atoms with E-state index in [0.717, 1.165) is 25.7 Å². The summed E-state index contributed by atoms with van der Waals surface area (Å²) in [6.45, 7) is 3.99. The number of carbonyl (C=O) groups is 2. The number of carboxylic acid groups (broad SMARTS) is 1. The first-order valence-corrected chi connectivity index (χ1v) is 7.18. The van der Waals surface area contributed by atoms with Gasteiger partial charge in [0, 0.05) is 0 Å². The van der Waals surface area contributed by atoms with E-state index >= 15 is 0 Å². The lowest BCUT2D eigenvalue weighted by Gasteiger charge is -2.28. The molecule has 0 heterocycles. The number of ether oxygens (including phenoxy) is 1. The van der Waals surface area contributed by atoms with Gasteiger partial charge in [0.15, 0.2) is 0 Å². The monoisotopic (exact) mass is 271 g/mol. The van der Waals surface area contributed by atoms with Crippen LogP contribution in [0.2, 0.25) is 0 Å². The number of carboxylic acids is 1. The molecule has 0 aromatic rings. The molecule has 1 aliphatic rings. The van der Waals surface area contributed by atoms with Crippen LogP contribution in [0.3, 0.4) is 0 Å². The molecule has 5 heteroatoms. The van der Waals surface area contributed by atoms with Gasteiger partial charge in [0.05, 0.1) is 6.10 Å². The fourth-order valence-corrected chi connectivity index (χ4v) is 2.49. The van der Waals surface area contributed by atoms with Crippen molar-refractivity contribution in [2.24, 2.45) is 5.92 Å². The normalized spacial score (nSPS) is 24.7. The maximum absolute atomic E-state index is 11.7. The molecule has 0 aromatic heterocycles. The number of rotatable bonds is 7. The third-order valence-corrected chi connectivity index (χ3v) is 3.67. The molecular formula is C14H25NO4. The second-order valence-corrected chi connectivity index (χ2v) is 5.36. The molecule has 1 saturated carbocycles. The Morgan fingerprint density at radius 3 is 2.63 bits per heavy atom. The molecule has 110 valence electrons. The molecule has 3 atom stereocenters. The zero-order chi connectivity index (χ0) is 14.3. The molecule has 19 heavy (non-hydrogen) atoms. The highest BCUT2D eigenvalue weighted by atomic mass is 16.5. The Kier molecular flexibility index (Phi) is 6.84. The number of carbonyl (C=O) groups excluding carboxylic acids is 1. The van der Waals surface area contributed by atoms with E-state index in [-0.39, 0.29) is 18.6 Å². The van der Waals surface area contributed by atoms with Gasteiger partial charge in [0.2, 0.25) is 5.91 Å². The van der Waals surface area contributed by atoms with Gasteiger partial charge in [-0.2, -0.15) is 0 Å². The van der Waals surface area contributed by atoms with Crippen LogP contribution in [0, 0.1) is 5.92 Å². The van der Waals surface area contributed by atoms with Gasteiger partial charge in [-0.3, -0.25) is 4.79 Å². The molecule has 0 bridgehead atoms. The van der Waals surface area contributed by atoms with E-state index in [4.69, 9.17) is 9.84 Å². The molecule has 0 saturated heterocycles. The zero-order valence-electron chi connectivity index (χ0n) is 11.9. The van der Waals surface area contributed by atoms with Crippen LogP contribution in [-0.4, -0.2) is 35.7 Å². The minimum absolute atomic E-state index is 0.0392. The van der Waals surface area contributed by atoms with Gasteiger partial charge in [0.1, 0.15) is 12.6 Å². The van der Waals surface area contributed by atoms with Crippen molar-refractivity contribution >= 4 is 11.9 Å². The third-order valence-electron chi connectivity index (χ3n) is 3.67. The van der Waals surface area contributed by atoms with Crippen LogP contribution in [0.1, 0.15) is 52.4 Å². The van der Waals surface area contributed by atoms with Gasteiger partial charge in [-0.05, 0) is 25.2 Å². The Morgan fingerprint density at radius 1 is 1.37 bits per heavy atom. The minimum Gasteiger partial charge on any atom is -0.480 e. The summed E-state index contributed by atoms with van der Waals surface area (Å²) in [4.78, 5) is 22.6. The van der Waals surface area contributed by atoms with Crippen LogP contribution < -0.4 is 5.32 Å². The molecule has 2 N–H and O–H groups in total. The molecule has 3 unspecified atom stereocenters. The lowest BCUT2D eigenvalue weighted by Crippen LogP contribution is -2.43. The number of aliphatic carboxylic acids is 1. The van der Waals surface area contributed by atoms with Crippen LogP contribution in [0.25, 0.3) is 0 Å². The smallest absolute Gasteiger partial charge is 0.326 e. The van der Waals surface area contributed by atoms with E-state index in [2.05, 4.69) is 12.2 Å². The fraction of sp³-hybridized carbons (Fsp3) is 0.857. The molecule has 0 aliphatic heterocycles. The summed E-state index contributed by atoms with van der Waals surface area (Å²) in [5, 5.41) is 11.5. The Bertz CT molecular complexity index is 306. The van der Waals surface area contributed by atoms with Crippen molar-refractivity contribution in [3.05, 3.63) is 0 Å². The molecule has 1 fully saturated rings. The highest BCUT2D eigenvalue weighted by Gasteiger charge is 2.24. The van der Waals surface area contributed by atoms with Crippen molar-refractivity contribution in [3.8, 4) is 0 Å². The standard InChI is InChI=1S/C14H25NO4/c1-3-6-11(14(17)18)15-13(16)9-19-12-8-5-4-7-10(12)2/h10-12H,3-9H2,1-2H3,(H,15,16)(H,17,18). The van der Waals surface area contributed by atoms with Crippen LogP contribution in [0.15, 0.2) is 0 Å². The van der Waals surface area contributed by atoms with Crippen molar-refractivity contribution in [2.75, 3.05) is 6.61 Å². The summed E-state index contributed by atoms with van der Waals surface area (Å²) in [6, 6.07) is -0.801. The maximum Gasteiger partial charge on any atom is 0.326 e. The van der Waals surface area contributed by atoms with E-state index in [9.17, 15) is 9.59 Å². The minimum atomic E-state index is -0.985. The van der Waals surface area contributed by atoms with Gasteiger partial charge < -0.3 is 15.2 Å². The van der Waals surface area contributed by atoms with E-state index in [1.54, 1.807) is 0 Å². The number of hydrogen-bond acceptors (Lipinski definition) is 3. The quantitative estimate of drug-likeness (QED) is 0.742. The summed E-state index contributed by atoms with van der Waals surface area (Å²) in [6.07, 6.45) is 5.80. The summed E-state index contributed by atoms with van der Waals surface area (Å²) >= 11 is 0. The van der Waals surface area contributed by atoms with E-state index in [1.165, 1.54) is 6.42 Å². The van der Waals surface area contributed by atoms with Crippen molar-refractivity contribution in [2.45, 2.75) is 64.5 Å². The number of amides is 1. The molecule has 1 amide bonds. The fourth-order valence-electron chi connectivity index (χ4n) is 2.49. The van der Waals surface area contributed by atoms with Crippen molar-refractivity contribution in [1.29, 1.82) is 0 Å². The van der Waals surface area contributed by atoms with Crippen LogP contribution in [-0.2, 0) is 14.3 Å². The first-order valence-electron chi connectivity index (χ1n) is 7.18. The second-order valence-electron chi connectivity index (χ2n) is 5.36. The average molecular weight is 271 g/mol. The Balaban J connectivity index is 2.31. The molecule has 0 radical (unpaired) electrons. The summed E-state index contributed by atoms with van der Waals surface area (Å²) < 4.78 is 5.61. The molecule has 0 spiro atoms. The second kappa shape index (κ2) is 8.15. The predicted molar refractivity (Wildman–Crippen MR) is 71.8 cm³/mol. The lowest BCUT2D eigenvalue weighted by molar-refractivity contribution is -0.143. The van der Waals surface area contributed by atoms with Crippen molar-refractivity contribution in [3.63, 3.8) is 0 Å². The van der Waals surface area contributed by atoms with Crippen molar-refractivity contribution < 1.29 is 19.4 Å². The third kappa shape index (κ3) is 5.59. The van der Waals surface area contributed by atoms with Gasteiger partial charge >= 0.3 is 5.97 Å². The Morgan fingerprint density at radius 2 is 2.05 bits per heavy atom. The molecule has 1 rings (SSSR count). The maximum atomic E-state index is 11.7. The van der Waals surface area contributed by atoms with Gasteiger partial charge in [-0.25, -0.2) is 4.79 Å². The highest BCUT2D eigenvalue weighted by molar-refractivity contribution is 5.84. The van der Waals surface area contributed by atoms with Gasteiger partial charge in [-0.1, -0.05) is 33.1 Å². The molecule has 1 aliphatic carbocycles. The Hall–Kier alpha value is -1.10. The average Bonchev–Trinajstić information content (AvgIpc) is 2.37. The van der Waals surface area contributed by atoms with Gasteiger partial charge in [0.25, 0.3) is 0 Å². The first kappa shape index (κ1) is 16.0. The summed E-state index contributed by atoms with van der Waals surface area (Å²) in [5.74, 6) is -0.840. The van der Waals surface area contributed by atoms with E-state index in [0.29, 0.717) is 12.3 Å². The first-order chi connectivity index (χ1) is 9.04. The predicted octanol–water partition coefficient (Wildman–Crippen LogP) is 1.95. The number of nitrogens with one attached hydrogen (secondary N) is 1. The van der Waals surface area contributed by atoms with Crippen LogP contribution in [0.4, 0.5) is 0 Å². The topological polar surface area (TPSA) is 75.6 Å². The van der Waals surface area contributed by atoms with Gasteiger partial charge in [-0.15, -0.1) is 0 Å².